The Balaban J connectivity index is 1.26. The van der Waals surface area contributed by atoms with Crippen molar-refractivity contribution in [2.24, 2.45) is 0 Å². The summed E-state index contributed by atoms with van der Waals surface area (Å²) in [5.74, 6) is -1.07. The number of halogens is 4. The van der Waals surface area contributed by atoms with Crippen molar-refractivity contribution < 1.29 is 32.6 Å². The van der Waals surface area contributed by atoms with Crippen LogP contribution in [0.3, 0.4) is 0 Å². The molecule has 0 radical (unpaired) electrons. The van der Waals surface area contributed by atoms with E-state index in [0.717, 1.165) is 46.7 Å². The van der Waals surface area contributed by atoms with Gasteiger partial charge in [0.2, 0.25) is 11.7 Å². The van der Waals surface area contributed by atoms with Gasteiger partial charge in [0.1, 0.15) is 18.6 Å². The number of carbonyl (C=O) groups is 2. The fourth-order valence-corrected chi connectivity index (χ4v) is 7.27. The van der Waals surface area contributed by atoms with E-state index >= 15 is 0 Å². The largest absolute Gasteiger partial charge is 0.504 e. The maximum atomic E-state index is 14.4. The molecule has 54 heavy (non-hydrogen) atoms. The van der Waals surface area contributed by atoms with Crippen molar-refractivity contribution in [1.82, 2.24) is 34.0 Å². The minimum absolute atomic E-state index is 0.0173. The van der Waals surface area contributed by atoms with Gasteiger partial charge in [0.15, 0.2) is 17.3 Å². The molecule has 18 heteroatoms. The molecule has 1 aliphatic carbocycles. The van der Waals surface area contributed by atoms with Crippen LogP contribution in [0.4, 0.5) is 24.5 Å². The molecule has 2 N–H and O–H groups in total. The predicted molar refractivity (Wildman–Crippen MR) is 192 cm³/mol. The highest BCUT2D eigenvalue weighted by Crippen LogP contribution is 2.36. The number of piperazine rings is 1. The maximum Gasteiger partial charge on any atom is 0.416 e. The zero-order chi connectivity index (χ0) is 38.5. The van der Waals surface area contributed by atoms with Crippen molar-refractivity contribution in [3.8, 4) is 17.1 Å². The summed E-state index contributed by atoms with van der Waals surface area (Å²) >= 11 is 6.15. The minimum Gasteiger partial charge on any atom is -0.504 e. The molecule has 0 bridgehead atoms. The van der Waals surface area contributed by atoms with Gasteiger partial charge in [-0.25, -0.2) is 9.97 Å². The van der Waals surface area contributed by atoms with Gasteiger partial charge in [-0.1, -0.05) is 30.7 Å². The zero-order valence-electron chi connectivity index (χ0n) is 29.4. The molecule has 4 heterocycles. The predicted octanol–water partition coefficient (Wildman–Crippen LogP) is 4.83. The van der Waals surface area contributed by atoms with Gasteiger partial charge in [-0.2, -0.15) is 22.7 Å². The number of aryl methyl sites for hydroxylation is 2. The van der Waals surface area contributed by atoms with Gasteiger partial charge in [0.25, 0.3) is 11.5 Å². The first-order chi connectivity index (χ1) is 25.8. The van der Waals surface area contributed by atoms with E-state index in [0.29, 0.717) is 11.3 Å². The number of carbonyl (C=O) groups excluding carboxylic acids is 2. The summed E-state index contributed by atoms with van der Waals surface area (Å²) < 4.78 is 48.1. The van der Waals surface area contributed by atoms with Gasteiger partial charge in [0.05, 0.1) is 33.8 Å². The highest BCUT2D eigenvalue weighted by atomic mass is 35.5. The molecule has 5 aromatic rings. The van der Waals surface area contributed by atoms with Crippen LogP contribution in [0.15, 0.2) is 47.5 Å². The Morgan fingerprint density at radius 2 is 1.85 bits per heavy atom. The zero-order valence-corrected chi connectivity index (χ0v) is 30.2. The third-order valence-corrected chi connectivity index (χ3v) is 10.1. The number of alkyl halides is 3. The number of ether oxygens (including phenoxy) is 1. The van der Waals surface area contributed by atoms with Crippen molar-refractivity contribution in [2.45, 2.75) is 51.9 Å². The first-order valence-corrected chi connectivity index (χ1v) is 17.6. The lowest BCUT2D eigenvalue weighted by Crippen LogP contribution is -2.51. The van der Waals surface area contributed by atoms with Crippen molar-refractivity contribution >= 4 is 40.6 Å². The van der Waals surface area contributed by atoms with Crippen molar-refractivity contribution in [3.05, 3.63) is 91.9 Å². The molecule has 1 aliphatic heterocycles. The van der Waals surface area contributed by atoms with Crippen LogP contribution in [0.1, 0.15) is 58.0 Å². The number of aromatic nitrogens is 6. The van der Waals surface area contributed by atoms with Gasteiger partial charge in [-0.15, -0.1) is 5.10 Å². The fourth-order valence-electron chi connectivity index (χ4n) is 7.05. The minimum atomic E-state index is -4.62. The second-order valence-electron chi connectivity index (χ2n) is 13.0. The number of amides is 2. The smallest absolute Gasteiger partial charge is 0.416 e. The third-order valence-electron chi connectivity index (χ3n) is 9.83. The number of anilines is 2. The van der Waals surface area contributed by atoms with E-state index in [4.69, 9.17) is 21.3 Å². The number of hydrogen-bond acceptors (Lipinski definition) is 10. The summed E-state index contributed by atoms with van der Waals surface area (Å²) in [4.78, 5) is 57.3. The van der Waals surface area contributed by atoms with E-state index in [1.54, 1.807) is 18.6 Å². The van der Waals surface area contributed by atoms with Crippen molar-refractivity contribution in [2.75, 3.05) is 43.5 Å². The average molecular weight is 766 g/mol. The van der Waals surface area contributed by atoms with Crippen LogP contribution in [-0.4, -0.2) is 84.2 Å². The quantitative estimate of drug-likeness (QED) is 0.224. The maximum absolute atomic E-state index is 14.4. The number of methoxy groups -OCH3 is 1. The number of fused-ring (bicyclic) bond motifs is 2. The Morgan fingerprint density at radius 3 is 2.54 bits per heavy atom. The lowest BCUT2D eigenvalue weighted by molar-refractivity contribution is -0.137. The fraction of sp³-hybridized carbons (Fsp3) is 0.361. The highest BCUT2D eigenvalue weighted by molar-refractivity contribution is 6.33. The average Bonchev–Trinajstić information content (AvgIpc) is 3.79. The number of aromatic hydroxyl groups is 1. The number of benzene rings is 2. The molecule has 3 aromatic heterocycles. The van der Waals surface area contributed by atoms with Crippen LogP contribution >= 0.6 is 11.6 Å². The molecular formula is C36H35ClF3N9O5. The van der Waals surface area contributed by atoms with E-state index in [-0.39, 0.29) is 90.4 Å². The van der Waals surface area contributed by atoms with Gasteiger partial charge >= 0.3 is 6.18 Å². The van der Waals surface area contributed by atoms with Gasteiger partial charge in [0, 0.05) is 38.9 Å². The Hall–Kier alpha value is -5.55. The molecule has 282 valence electrons. The number of hydrogen-bond donors (Lipinski definition) is 2. The Morgan fingerprint density at radius 1 is 1.09 bits per heavy atom. The summed E-state index contributed by atoms with van der Waals surface area (Å²) in [6.07, 6.45) is -1.52. The van der Waals surface area contributed by atoms with E-state index in [1.165, 1.54) is 11.2 Å². The summed E-state index contributed by atoms with van der Waals surface area (Å²) in [6, 6.07) is 8.41. The van der Waals surface area contributed by atoms with Crippen LogP contribution in [0.2, 0.25) is 5.02 Å². The summed E-state index contributed by atoms with van der Waals surface area (Å²) in [7, 11) is 1.66. The van der Waals surface area contributed by atoms with Gasteiger partial charge in [-0.3, -0.25) is 14.4 Å². The van der Waals surface area contributed by atoms with E-state index in [9.17, 15) is 32.7 Å². The van der Waals surface area contributed by atoms with Crippen LogP contribution in [0.5, 0.6) is 5.75 Å². The third kappa shape index (κ3) is 6.72. The van der Waals surface area contributed by atoms with Crippen molar-refractivity contribution in [1.29, 1.82) is 0 Å². The lowest BCUT2D eigenvalue weighted by atomic mass is 10.1. The summed E-state index contributed by atoms with van der Waals surface area (Å²) in [5.41, 5.74) is 2.21. The van der Waals surface area contributed by atoms with Crippen LogP contribution in [-0.2, 0) is 35.1 Å². The second kappa shape index (κ2) is 14.4. The normalized spacial score (nSPS) is 15.9. The van der Waals surface area contributed by atoms with E-state index in [1.807, 2.05) is 30.0 Å². The van der Waals surface area contributed by atoms with E-state index in [2.05, 4.69) is 20.4 Å². The standard InChI is InChI=1S/C36H35ClF3N9O5/c1-4-26-30(46-11-13-47(14-12-46)33(52)29-31(51)19(2)41-18-42-29)34(53)49-35(44-32(45-49)21-5-8-23-20(15-21)6-10-27(23)54-3)48(26)17-28(50)43-25-9-7-22(16-24(25)37)36(38,39)40/h5,7-9,15-16,18,27,51H,4,6,10-14,17H2,1-3H3,(H,43,50)/t27-/m1/s1. The summed E-state index contributed by atoms with van der Waals surface area (Å²) in [6.45, 7) is 3.83. The topological polar surface area (TPSA) is 160 Å². The SMILES string of the molecule is CCc1c(N2CCN(C(=O)c3ncnc(C)c3O)CC2)c(=O)n2nc(-c3ccc4c(c3)CC[C@H]4OC)nc2n1CC(=O)Nc1ccc(C(F)(F)F)cc1Cl. The van der Waals surface area contributed by atoms with Crippen LogP contribution in [0, 0.1) is 6.92 Å². The molecule has 1 fully saturated rings. The Bertz CT molecular complexity index is 2360. The molecule has 14 nitrogen and oxygen atoms in total. The molecule has 1 atom stereocenters. The lowest BCUT2D eigenvalue weighted by Gasteiger charge is -2.36. The molecule has 2 aliphatic rings. The Labute approximate surface area is 311 Å². The number of nitrogens with zero attached hydrogens (tertiary/aromatic N) is 8. The van der Waals surface area contributed by atoms with E-state index < -0.39 is 29.1 Å². The van der Waals surface area contributed by atoms with Gasteiger partial charge in [-0.05, 0) is 61.6 Å². The molecule has 0 spiro atoms. The number of rotatable bonds is 8. The van der Waals surface area contributed by atoms with Crippen LogP contribution in [0.25, 0.3) is 17.2 Å². The number of nitrogens with one attached hydrogen (secondary N) is 1. The molecule has 7 rings (SSSR count). The first-order valence-electron chi connectivity index (χ1n) is 17.2. The molecular weight excluding hydrogens is 731 g/mol. The first kappa shape index (κ1) is 36.8. The molecule has 0 unspecified atom stereocenters. The van der Waals surface area contributed by atoms with Crippen LogP contribution < -0.4 is 15.8 Å². The molecule has 2 amide bonds. The molecule has 0 saturated carbocycles. The molecule has 2 aromatic carbocycles. The summed E-state index contributed by atoms with van der Waals surface area (Å²) in [5, 5.41) is 17.3. The molecule has 1 saturated heterocycles. The van der Waals surface area contributed by atoms with Gasteiger partial charge < -0.3 is 29.5 Å². The monoisotopic (exact) mass is 765 g/mol. The van der Waals surface area contributed by atoms with Crippen molar-refractivity contribution in [3.63, 3.8) is 0 Å². The second-order valence-corrected chi connectivity index (χ2v) is 13.4. The Kier molecular flexibility index (Phi) is 9.78. The highest BCUT2D eigenvalue weighted by Gasteiger charge is 2.33.